The van der Waals surface area contributed by atoms with E-state index in [9.17, 15) is 4.79 Å². The van der Waals surface area contributed by atoms with Crippen molar-refractivity contribution in [3.63, 3.8) is 0 Å². The molecule has 0 aliphatic rings. The highest BCUT2D eigenvalue weighted by atomic mass is 16.5. The number of nitrogens with two attached hydrogens (primary N) is 1. The van der Waals surface area contributed by atoms with Gasteiger partial charge in [0, 0.05) is 13.7 Å². The Hall–Kier alpha value is -0.610. The van der Waals surface area contributed by atoms with Gasteiger partial charge in [-0.3, -0.25) is 4.79 Å². The Morgan fingerprint density at radius 1 is 1.43 bits per heavy atom. The minimum absolute atomic E-state index is 0.0806. The van der Waals surface area contributed by atoms with Crippen LogP contribution in [0.15, 0.2) is 0 Å². The van der Waals surface area contributed by atoms with E-state index < -0.39 is 6.04 Å². The molecule has 0 aromatic carbocycles. The van der Waals surface area contributed by atoms with Crippen molar-refractivity contribution >= 4 is 5.91 Å². The van der Waals surface area contributed by atoms with Crippen molar-refractivity contribution in [2.45, 2.75) is 26.8 Å². The van der Waals surface area contributed by atoms with E-state index in [0.29, 0.717) is 19.1 Å². The molecule has 2 atom stereocenters. The first kappa shape index (κ1) is 13.4. The number of carbonyl (C=O) groups is 1. The second-order valence-corrected chi connectivity index (χ2v) is 4.08. The number of methoxy groups -OCH3 is 1. The van der Waals surface area contributed by atoms with Crippen LogP contribution in [-0.2, 0) is 9.53 Å². The molecule has 0 aliphatic heterocycles. The van der Waals surface area contributed by atoms with E-state index in [2.05, 4.69) is 5.32 Å². The lowest BCUT2D eigenvalue weighted by atomic mass is 10.0. The maximum Gasteiger partial charge on any atom is 0.237 e. The number of amides is 1. The number of carbonyl (C=O) groups excluding carboxylic acids is 1. The first-order valence-corrected chi connectivity index (χ1v) is 5.01. The molecule has 0 spiro atoms. The molecule has 0 heterocycles. The molecule has 0 saturated carbocycles. The Morgan fingerprint density at radius 3 is 2.43 bits per heavy atom. The van der Waals surface area contributed by atoms with Crippen LogP contribution in [0.1, 0.15) is 20.8 Å². The van der Waals surface area contributed by atoms with E-state index in [-0.39, 0.29) is 11.8 Å². The van der Waals surface area contributed by atoms with Gasteiger partial charge in [-0.15, -0.1) is 0 Å². The molecule has 1 amide bonds. The highest BCUT2D eigenvalue weighted by Gasteiger charge is 2.17. The van der Waals surface area contributed by atoms with Gasteiger partial charge in [0.15, 0.2) is 0 Å². The van der Waals surface area contributed by atoms with Crippen molar-refractivity contribution in [3.8, 4) is 0 Å². The van der Waals surface area contributed by atoms with Gasteiger partial charge in [-0.05, 0) is 11.8 Å². The number of ether oxygens (including phenoxy) is 1. The lowest BCUT2D eigenvalue weighted by Gasteiger charge is -2.17. The fourth-order valence-electron chi connectivity index (χ4n) is 1.04. The van der Waals surface area contributed by atoms with E-state index in [1.807, 2.05) is 20.8 Å². The van der Waals surface area contributed by atoms with Crippen LogP contribution in [0.3, 0.4) is 0 Å². The Morgan fingerprint density at radius 2 is 2.00 bits per heavy atom. The Kier molecular flexibility index (Phi) is 6.49. The third-order valence-electron chi connectivity index (χ3n) is 2.10. The molecule has 14 heavy (non-hydrogen) atoms. The smallest absolute Gasteiger partial charge is 0.237 e. The summed E-state index contributed by atoms with van der Waals surface area (Å²) in [5, 5.41) is 2.80. The van der Waals surface area contributed by atoms with Gasteiger partial charge in [-0.25, -0.2) is 0 Å². The maximum absolute atomic E-state index is 11.4. The van der Waals surface area contributed by atoms with Crippen molar-refractivity contribution in [2.75, 3.05) is 20.3 Å². The van der Waals surface area contributed by atoms with Crippen LogP contribution in [0.5, 0.6) is 0 Å². The van der Waals surface area contributed by atoms with Crippen molar-refractivity contribution < 1.29 is 9.53 Å². The number of nitrogens with one attached hydrogen (secondary N) is 1. The average Bonchev–Trinajstić information content (AvgIpc) is 2.13. The van der Waals surface area contributed by atoms with Gasteiger partial charge in [0.2, 0.25) is 5.91 Å². The lowest BCUT2D eigenvalue weighted by Crippen LogP contribution is -2.45. The average molecular weight is 202 g/mol. The van der Waals surface area contributed by atoms with Gasteiger partial charge in [-0.1, -0.05) is 20.8 Å². The zero-order valence-electron chi connectivity index (χ0n) is 9.54. The summed E-state index contributed by atoms with van der Waals surface area (Å²) < 4.78 is 4.96. The highest BCUT2D eigenvalue weighted by molar-refractivity contribution is 5.81. The first-order valence-electron chi connectivity index (χ1n) is 5.01. The van der Waals surface area contributed by atoms with Crippen molar-refractivity contribution in [2.24, 2.45) is 17.6 Å². The lowest BCUT2D eigenvalue weighted by molar-refractivity contribution is -0.123. The van der Waals surface area contributed by atoms with Crippen LogP contribution >= 0.6 is 0 Å². The fraction of sp³-hybridized carbons (Fsp3) is 0.900. The third kappa shape index (κ3) is 5.19. The Balaban J connectivity index is 3.73. The van der Waals surface area contributed by atoms with E-state index in [1.165, 1.54) is 0 Å². The SMILES string of the molecule is COCC(C)CNC(=O)[C@H](N)C(C)C. The van der Waals surface area contributed by atoms with Gasteiger partial charge in [-0.2, -0.15) is 0 Å². The summed E-state index contributed by atoms with van der Waals surface area (Å²) in [7, 11) is 1.65. The molecule has 0 aromatic heterocycles. The van der Waals surface area contributed by atoms with Crippen molar-refractivity contribution in [3.05, 3.63) is 0 Å². The molecule has 0 aliphatic carbocycles. The standard InChI is InChI=1S/C10H22N2O2/c1-7(2)9(11)10(13)12-5-8(3)6-14-4/h7-9H,5-6,11H2,1-4H3,(H,12,13)/t8?,9-/m1/s1. The van der Waals surface area contributed by atoms with Crippen LogP contribution in [0.4, 0.5) is 0 Å². The second kappa shape index (κ2) is 6.79. The molecule has 0 fully saturated rings. The number of hydrogen-bond acceptors (Lipinski definition) is 3. The molecule has 0 bridgehead atoms. The maximum atomic E-state index is 11.4. The summed E-state index contributed by atoms with van der Waals surface area (Å²) in [4.78, 5) is 11.4. The summed E-state index contributed by atoms with van der Waals surface area (Å²) in [6.45, 7) is 7.15. The quantitative estimate of drug-likeness (QED) is 0.654. The number of rotatable bonds is 6. The molecule has 0 aromatic rings. The first-order chi connectivity index (χ1) is 6.49. The van der Waals surface area contributed by atoms with E-state index >= 15 is 0 Å². The Labute approximate surface area is 86.2 Å². The largest absolute Gasteiger partial charge is 0.384 e. The predicted octanol–water partition coefficient (Wildman–Crippen LogP) is 0.368. The minimum atomic E-state index is -0.412. The van der Waals surface area contributed by atoms with Gasteiger partial charge in [0.1, 0.15) is 0 Å². The van der Waals surface area contributed by atoms with E-state index in [4.69, 9.17) is 10.5 Å². The summed E-state index contributed by atoms with van der Waals surface area (Å²) in [6, 6.07) is -0.412. The molecule has 84 valence electrons. The van der Waals surface area contributed by atoms with Crippen LogP contribution in [-0.4, -0.2) is 32.2 Å². The normalized spacial score (nSPS) is 15.3. The topological polar surface area (TPSA) is 64.3 Å². The molecule has 4 heteroatoms. The third-order valence-corrected chi connectivity index (χ3v) is 2.10. The van der Waals surface area contributed by atoms with Gasteiger partial charge < -0.3 is 15.8 Å². The molecule has 0 rings (SSSR count). The van der Waals surface area contributed by atoms with Gasteiger partial charge in [0.05, 0.1) is 12.6 Å². The molecule has 3 N–H and O–H groups in total. The summed E-state index contributed by atoms with van der Waals surface area (Å²) in [5.74, 6) is 0.416. The molecule has 1 unspecified atom stereocenters. The van der Waals surface area contributed by atoms with E-state index in [0.717, 1.165) is 0 Å². The highest BCUT2D eigenvalue weighted by Crippen LogP contribution is 1.98. The van der Waals surface area contributed by atoms with Crippen LogP contribution < -0.4 is 11.1 Å². The summed E-state index contributed by atoms with van der Waals surface area (Å²) in [6.07, 6.45) is 0. The van der Waals surface area contributed by atoms with Crippen LogP contribution in [0.25, 0.3) is 0 Å². The fourth-order valence-corrected chi connectivity index (χ4v) is 1.04. The van der Waals surface area contributed by atoms with Crippen molar-refractivity contribution in [1.82, 2.24) is 5.32 Å². The summed E-state index contributed by atoms with van der Waals surface area (Å²) >= 11 is 0. The number of hydrogen-bond donors (Lipinski definition) is 2. The Bertz CT molecular complexity index is 172. The monoisotopic (exact) mass is 202 g/mol. The zero-order valence-corrected chi connectivity index (χ0v) is 9.54. The van der Waals surface area contributed by atoms with Crippen LogP contribution in [0, 0.1) is 11.8 Å². The summed E-state index contributed by atoms with van der Waals surface area (Å²) in [5.41, 5.74) is 5.68. The van der Waals surface area contributed by atoms with Crippen molar-refractivity contribution in [1.29, 1.82) is 0 Å². The minimum Gasteiger partial charge on any atom is -0.384 e. The van der Waals surface area contributed by atoms with Gasteiger partial charge >= 0.3 is 0 Å². The van der Waals surface area contributed by atoms with E-state index in [1.54, 1.807) is 7.11 Å². The molecular weight excluding hydrogens is 180 g/mol. The van der Waals surface area contributed by atoms with Crippen LogP contribution in [0.2, 0.25) is 0 Å². The molecule has 4 nitrogen and oxygen atoms in total. The molecular formula is C10H22N2O2. The molecule has 0 radical (unpaired) electrons. The zero-order chi connectivity index (χ0) is 11.1. The molecule has 0 saturated heterocycles. The second-order valence-electron chi connectivity index (χ2n) is 4.08. The predicted molar refractivity (Wildman–Crippen MR) is 56.9 cm³/mol. The van der Waals surface area contributed by atoms with Gasteiger partial charge in [0.25, 0.3) is 0 Å².